The van der Waals surface area contributed by atoms with Gasteiger partial charge in [0, 0.05) is 24.6 Å². The maximum absolute atomic E-state index is 11.0. The second-order valence-electron chi connectivity index (χ2n) is 5.51. The molecule has 124 valence electrons. The van der Waals surface area contributed by atoms with Crippen molar-refractivity contribution in [1.82, 2.24) is 5.32 Å². The number of rotatable bonds is 9. The predicted octanol–water partition coefficient (Wildman–Crippen LogP) is -1.68. The number of amides is 1. The molecule has 1 N–H and O–H groups in total. The normalized spacial score (nSPS) is 10.5. The minimum Gasteiger partial charge on any atom is -1.00 e. The van der Waals surface area contributed by atoms with Crippen molar-refractivity contribution in [2.45, 2.75) is 13.0 Å². The van der Waals surface area contributed by atoms with E-state index in [-0.39, 0.29) is 23.8 Å². The van der Waals surface area contributed by atoms with Gasteiger partial charge in [0.1, 0.15) is 6.54 Å². The molecule has 1 aromatic carbocycles. The zero-order valence-corrected chi connectivity index (χ0v) is 13.8. The molecule has 0 aliphatic carbocycles. The SMILES string of the molecule is COc1ccc(C[N+](C)(C)CCCNC=O)cc1[N+](=O)[O-].[Cl-]. The number of benzene rings is 1. The van der Waals surface area contributed by atoms with Gasteiger partial charge in [0.15, 0.2) is 5.75 Å². The van der Waals surface area contributed by atoms with Crippen LogP contribution < -0.4 is 22.5 Å². The Labute approximate surface area is 136 Å². The maximum Gasteiger partial charge on any atom is 0.311 e. The summed E-state index contributed by atoms with van der Waals surface area (Å²) in [6, 6.07) is 5.03. The van der Waals surface area contributed by atoms with Crippen LogP contribution in [0.2, 0.25) is 0 Å². The first-order valence-electron chi connectivity index (χ1n) is 6.70. The van der Waals surface area contributed by atoms with Gasteiger partial charge in [-0.1, -0.05) is 0 Å². The fourth-order valence-electron chi connectivity index (χ4n) is 2.22. The molecule has 1 aromatic rings. The summed E-state index contributed by atoms with van der Waals surface area (Å²) in [5, 5.41) is 13.6. The summed E-state index contributed by atoms with van der Waals surface area (Å²) < 4.78 is 5.68. The lowest BCUT2D eigenvalue weighted by atomic mass is 10.1. The molecule has 1 rings (SSSR count). The molecule has 0 aliphatic heterocycles. The molecule has 22 heavy (non-hydrogen) atoms. The van der Waals surface area contributed by atoms with E-state index in [0.717, 1.165) is 18.5 Å². The van der Waals surface area contributed by atoms with Crippen LogP contribution in [-0.4, -0.2) is 50.1 Å². The van der Waals surface area contributed by atoms with E-state index in [1.807, 2.05) is 6.07 Å². The topological polar surface area (TPSA) is 81.5 Å². The maximum atomic E-state index is 11.0. The molecule has 0 saturated carbocycles. The summed E-state index contributed by atoms with van der Waals surface area (Å²) >= 11 is 0. The van der Waals surface area contributed by atoms with Gasteiger partial charge in [-0.3, -0.25) is 14.9 Å². The molecule has 0 saturated heterocycles. The minimum absolute atomic E-state index is 0. The van der Waals surface area contributed by atoms with Crippen molar-refractivity contribution in [2.24, 2.45) is 0 Å². The highest BCUT2D eigenvalue weighted by molar-refractivity contribution is 5.48. The quantitative estimate of drug-likeness (QED) is 0.193. The van der Waals surface area contributed by atoms with E-state index >= 15 is 0 Å². The fourth-order valence-corrected chi connectivity index (χ4v) is 2.22. The monoisotopic (exact) mass is 331 g/mol. The number of carbonyl (C=O) groups is 1. The van der Waals surface area contributed by atoms with Gasteiger partial charge in [-0.05, 0) is 12.1 Å². The van der Waals surface area contributed by atoms with E-state index in [2.05, 4.69) is 19.4 Å². The van der Waals surface area contributed by atoms with Crippen LogP contribution in [0.3, 0.4) is 0 Å². The zero-order chi connectivity index (χ0) is 15.9. The van der Waals surface area contributed by atoms with Crippen molar-refractivity contribution < 1.29 is 31.3 Å². The van der Waals surface area contributed by atoms with Crippen LogP contribution >= 0.6 is 0 Å². The van der Waals surface area contributed by atoms with E-state index in [0.29, 0.717) is 24.0 Å². The number of quaternary nitrogens is 1. The number of nitrogens with zero attached hydrogens (tertiary/aromatic N) is 2. The minimum atomic E-state index is -0.434. The molecule has 0 radical (unpaired) electrons. The Morgan fingerprint density at radius 1 is 1.41 bits per heavy atom. The summed E-state index contributed by atoms with van der Waals surface area (Å²) in [4.78, 5) is 20.8. The molecule has 0 bridgehead atoms. The summed E-state index contributed by atoms with van der Waals surface area (Å²) in [7, 11) is 5.52. The summed E-state index contributed by atoms with van der Waals surface area (Å²) in [5.74, 6) is 0.268. The number of hydrogen-bond acceptors (Lipinski definition) is 4. The third-order valence-electron chi connectivity index (χ3n) is 3.22. The van der Waals surface area contributed by atoms with E-state index in [9.17, 15) is 14.9 Å². The summed E-state index contributed by atoms with van der Waals surface area (Å²) in [6.45, 7) is 2.17. The molecule has 0 aromatic heterocycles. The van der Waals surface area contributed by atoms with Gasteiger partial charge in [0.25, 0.3) is 0 Å². The average Bonchev–Trinajstić information content (AvgIpc) is 2.43. The Balaban J connectivity index is 0.00000441. The number of methoxy groups -OCH3 is 1. The van der Waals surface area contributed by atoms with Crippen molar-refractivity contribution in [3.05, 3.63) is 33.9 Å². The zero-order valence-electron chi connectivity index (χ0n) is 13.0. The van der Waals surface area contributed by atoms with Crippen LogP contribution in [-0.2, 0) is 11.3 Å². The molecular formula is C14H22ClN3O4. The van der Waals surface area contributed by atoms with E-state index in [1.54, 1.807) is 12.1 Å². The standard InChI is InChI=1S/C14H21N3O4.ClH/c1-17(2,8-4-7-15-11-18)10-12-5-6-14(21-3)13(9-12)16(19)20;/h5-6,9,11H,4,7-8,10H2,1-3H3;1H. The number of halogens is 1. The molecule has 0 aliphatic rings. The van der Waals surface area contributed by atoms with Crippen molar-refractivity contribution in [3.8, 4) is 5.75 Å². The van der Waals surface area contributed by atoms with Gasteiger partial charge in [-0.15, -0.1) is 0 Å². The lowest BCUT2D eigenvalue weighted by molar-refractivity contribution is -0.903. The summed E-state index contributed by atoms with van der Waals surface area (Å²) in [6.07, 6.45) is 1.54. The Bertz CT molecular complexity index is 509. The first kappa shape index (κ1) is 20.1. The summed E-state index contributed by atoms with van der Waals surface area (Å²) in [5.41, 5.74) is 0.869. The Hall–Kier alpha value is -1.86. The largest absolute Gasteiger partial charge is 1.00 e. The van der Waals surface area contributed by atoms with Gasteiger partial charge in [0.05, 0.1) is 32.7 Å². The van der Waals surface area contributed by atoms with Crippen molar-refractivity contribution in [2.75, 3.05) is 34.3 Å². The molecule has 1 amide bonds. The molecule has 0 spiro atoms. The first-order valence-corrected chi connectivity index (χ1v) is 6.70. The lowest BCUT2D eigenvalue weighted by Gasteiger charge is -2.29. The molecule has 0 unspecified atom stereocenters. The van der Waals surface area contributed by atoms with E-state index in [1.165, 1.54) is 7.11 Å². The predicted molar refractivity (Wildman–Crippen MR) is 79.0 cm³/mol. The van der Waals surface area contributed by atoms with Crippen molar-refractivity contribution in [1.29, 1.82) is 0 Å². The molecule has 0 heterocycles. The highest BCUT2D eigenvalue weighted by atomic mass is 35.5. The van der Waals surface area contributed by atoms with Crippen molar-refractivity contribution >= 4 is 12.1 Å². The molecule has 0 atom stereocenters. The second-order valence-corrected chi connectivity index (χ2v) is 5.51. The third kappa shape index (κ3) is 6.28. The average molecular weight is 332 g/mol. The highest BCUT2D eigenvalue weighted by Gasteiger charge is 2.20. The molecule has 8 heteroatoms. The lowest BCUT2D eigenvalue weighted by Crippen LogP contribution is -3.00. The van der Waals surface area contributed by atoms with Crippen LogP contribution in [0.1, 0.15) is 12.0 Å². The Morgan fingerprint density at radius 3 is 2.64 bits per heavy atom. The van der Waals surface area contributed by atoms with Crippen LogP contribution in [0.5, 0.6) is 5.75 Å². The number of nitro benzene ring substituents is 1. The Morgan fingerprint density at radius 2 is 2.09 bits per heavy atom. The number of hydrogen-bond donors (Lipinski definition) is 1. The van der Waals surface area contributed by atoms with Gasteiger partial charge in [0.2, 0.25) is 6.41 Å². The van der Waals surface area contributed by atoms with Crippen LogP contribution in [0.4, 0.5) is 5.69 Å². The third-order valence-corrected chi connectivity index (χ3v) is 3.22. The number of nitrogens with one attached hydrogen (secondary N) is 1. The Kier molecular flexibility index (Phi) is 8.44. The van der Waals surface area contributed by atoms with Crippen LogP contribution in [0.25, 0.3) is 0 Å². The number of ether oxygens (including phenoxy) is 1. The number of nitro groups is 1. The fraction of sp³-hybridized carbons (Fsp3) is 0.500. The van der Waals surface area contributed by atoms with Gasteiger partial charge in [-0.2, -0.15) is 0 Å². The second kappa shape index (κ2) is 9.22. The van der Waals surface area contributed by atoms with Gasteiger partial charge >= 0.3 is 5.69 Å². The van der Waals surface area contributed by atoms with Crippen molar-refractivity contribution in [3.63, 3.8) is 0 Å². The highest BCUT2D eigenvalue weighted by Crippen LogP contribution is 2.28. The van der Waals surface area contributed by atoms with Gasteiger partial charge in [-0.25, -0.2) is 0 Å². The number of carbonyl (C=O) groups excluding carboxylic acids is 1. The molecule has 7 nitrogen and oxygen atoms in total. The van der Waals surface area contributed by atoms with Crippen LogP contribution in [0.15, 0.2) is 18.2 Å². The van der Waals surface area contributed by atoms with Gasteiger partial charge < -0.3 is 26.9 Å². The molecular weight excluding hydrogens is 310 g/mol. The van der Waals surface area contributed by atoms with Crippen LogP contribution in [0, 0.1) is 10.1 Å². The van der Waals surface area contributed by atoms with E-state index in [4.69, 9.17) is 4.74 Å². The first-order chi connectivity index (χ1) is 9.89. The smallest absolute Gasteiger partial charge is 0.311 e. The van der Waals surface area contributed by atoms with E-state index < -0.39 is 4.92 Å². The molecule has 0 fully saturated rings.